The molecular weight excluding hydrogens is 200 g/mol. The number of benzene rings is 1. The van der Waals surface area contributed by atoms with Gasteiger partial charge in [0.05, 0.1) is 6.07 Å². The molecule has 0 saturated heterocycles. The highest BCUT2D eigenvalue weighted by atomic mass is 16.2. The van der Waals surface area contributed by atoms with Gasteiger partial charge in [0.15, 0.2) is 0 Å². The minimum atomic E-state index is -0.585. The maximum Gasteiger partial charge on any atom is 0.239 e. The normalized spacial score (nSPS) is 11.6. The molecule has 0 radical (unpaired) electrons. The van der Waals surface area contributed by atoms with Gasteiger partial charge in [0.2, 0.25) is 5.91 Å². The zero-order valence-electron chi connectivity index (χ0n) is 9.90. The second kappa shape index (κ2) is 5.32. The average Bonchev–Trinajstić information content (AvgIpc) is 2.27. The number of carbonyl (C=O) groups excluding carboxylic acids is 1. The van der Waals surface area contributed by atoms with Gasteiger partial charge in [-0.1, -0.05) is 29.8 Å². The average molecular weight is 216 g/mol. The second-order valence-corrected chi connectivity index (χ2v) is 4.10. The summed E-state index contributed by atoms with van der Waals surface area (Å²) in [6.07, 6.45) is 0.480. The van der Waals surface area contributed by atoms with Crippen LogP contribution < -0.4 is 0 Å². The quantitative estimate of drug-likeness (QED) is 0.772. The zero-order chi connectivity index (χ0) is 12.1. The smallest absolute Gasteiger partial charge is 0.239 e. The van der Waals surface area contributed by atoms with Crippen LogP contribution in [0.4, 0.5) is 0 Å². The van der Waals surface area contributed by atoms with E-state index < -0.39 is 5.92 Å². The van der Waals surface area contributed by atoms with Gasteiger partial charge in [-0.15, -0.1) is 0 Å². The summed E-state index contributed by atoms with van der Waals surface area (Å²) in [6, 6.07) is 9.96. The summed E-state index contributed by atoms with van der Waals surface area (Å²) in [7, 11) is 3.34. The second-order valence-electron chi connectivity index (χ2n) is 4.10. The molecule has 0 bridgehead atoms. The number of carbonyl (C=O) groups is 1. The van der Waals surface area contributed by atoms with Gasteiger partial charge < -0.3 is 4.90 Å². The fourth-order valence-corrected chi connectivity index (χ4v) is 1.46. The summed E-state index contributed by atoms with van der Waals surface area (Å²) >= 11 is 0. The Balaban J connectivity index is 2.75. The fourth-order valence-electron chi connectivity index (χ4n) is 1.46. The number of rotatable bonds is 3. The lowest BCUT2D eigenvalue weighted by atomic mass is 9.99. The molecule has 0 saturated carbocycles. The van der Waals surface area contributed by atoms with Crippen molar-refractivity contribution < 1.29 is 4.79 Å². The number of nitrogens with zero attached hydrogens (tertiary/aromatic N) is 2. The summed E-state index contributed by atoms with van der Waals surface area (Å²) in [5.41, 5.74) is 2.20. The van der Waals surface area contributed by atoms with Crippen LogP contribution in [0.5, 0.6) is 0 Å². The third-order valence-corrected chi connectivity index (χ3v) is 2.46. The van der Waals surface area contributed by atoms with Gasteiger partial charge in [0.1, 0.15) is 5.92 Å². The van der Waals surface area contributed by atoms with Crippen LogP contribution in [0.1, 0.15) is 11.1 Å². The van der Waals surface area contributed by atoms with Gasteiger partial charge in [-0.25, -0.2) is 0 Å². The molecule has 0 aromatic heterocycles. The summed E-state index contributed by atoms with van der Waals surface area (Å²) in [5.74, 6) is -0.721. The van der Waals surface area contributed by atoms with Crippen molar-refractivity contribution in [3.8, 4) is 6.07 Å². The van der Waals surface area contributed by atoms with Crippen molar-refractivity contribution in [3.05, 3.63) is 35.4 Å². The summed E-state index contributed by atoms with van der Waals surface area (Å²) in [4.78, 5) is 13.1. The Labute approximate surface area is 96.3 Å². The van der Waals surface area contributed by atoms with Crippen molar-refractivity contribution in [1.29, 1.82) is 5.26 Å². The molecule has 0 N–H and O–H groups in total. The molecular formula is C13H16N2O. The van der Waals surface area contributed by atoms with Crippen molar-refractivity contribution in [2.24, 2.45) is 5.92 Å². The van der Waals surface area contributed by atoms with E-state index in [9.17, 15) is 4.79 Å². The molecule has 1 unspecified atom stereocenters. The maximum absolute atomic E-state index is 11.6. The van der Waals surface area contributed by atoms with Crippen LogP contribution in [0.15, 0.2) is 24.3 Å². The van der Waals surface area contributed by atoms with Crippen LogP contribution in [0.2, 0.25) is 0 Å². The molecule has 0 heterocycles. The first-order valence-corrected chi connectivity index (χ1v) is 5.21. The van der Waals surface area contributed by atoms with Gasteiger partial charge in [-0.2, -0.15) is 5.26 Å². The Kier molecular flexibility index (Phi) is 4.07. The van der Waals surface area contributed by atoms with Gasteiger partial charge >= 0.3 is 0 Å². The van der Waals surface area contributed by atoms with E-state index in [-0.39, 0.29) is 5.91 Å². The fraction of sp³-hybridized carbons (Fsp3) is 0.385. The van der Waals surface area contributed by atoms with Crippen molar-refractivity contribution in [2.45, 2.75) is 13.3 Å². The lowest BCUT2D eigenvalue weighted by Crippen LogP contribution is -2.30. The molecule has 3 nitrogen and oxygen atoms in total. The number of nitriles is 1. The highest BCUT2D eigenvalue weighted by Crippen LogP contribution is 2.11. The van der Waals surface area contributed by atoms with E-state index in [0.29, 0.717) is 6.42 Å². The van der Waals surface area contributed by atoms with Crippen molar-refractivity contribution in [3.63, 3.8) is 0 Å². The van der Waals surface area contributed by atoms with Crippen LogP contribution in [0.25, 0.3) is 0 Å². The SMILES string of the molecule is Cc1ccc(CC(C#N)C(=O)N(C)C)cc1. The monoisotopic (exact) mass is 216 g/mol. The molecule has 1 amide bonds. The maximum atomic E-state index is 11.6. The Morgan fingerprint density at radius 3 is 2.38 bits per heavy atom. The van der Waals surface area contributed by atoms with Gasteiger partial charge in [-0.05, 0) is 18.9 Å². The summed E-state index contributed by atoms with van der Waals surface area (Å²) in [6.45, 7) is 2.01. The number of aryl methyl sites for hydroxylation is 1. The van der Waals surface area contributed by atoms with Crippen molar-refractivity contribution in [1.82, 2.24) is 4.90 Å². The summed E-state index contributed by atoms with van der Waals surface area (Å²) in [5, 5.41) is 8.96. The van der Waals surface area contributed by atoms with Crippen LogP contribution in [-0.2, 0) is 11.2 Å². The molecule has 0 aliphatic carbocycles. The lowest BCUT2D eigenvalue weighted by Gasteiger charge is -2.14. The van der Waals surface area contributed by atoms with E-state index in [0.717, 1.165) is 5.56 Å². The van der Waals surface area contributed by atoms with E-state index in [4.69, 9.17) is 5.26 Å². The topological polar surface area (TPSA) is 44.1 Å². The molecule has 84 valence electrons. The number of hydrogen-bond donors (Lipinski definition) is 0. The number of hydrogen-bond acceptors (Lipinski definition) is 2. The Hall–Kier alpha value is -1.82. The minimum Gasteiger partial charge on any atom is -0.348 e. The Morgan fingerprint density at radius 2 is 1.94 bits per heavy atom. The zero-order valence-corrected chi connectivity index (χ0v) is 9.90. The van der Waals surface area contributed by atoms with E-state index >= 15 is 0 Å². The standard InChI is InChI=1S/C13H16N2O/c1-10-4-6-11(7-5-10)8-12(9-14)13(16)15(2)3/h4-7,12H,8H2,1-3H3. The van der Waals surface area contributed by atoms with Crippen molar-refractivity contribution in [2.75, 3.05) is 14.1 Å². The van der Waals surface area contributed by atoms with E-state index in [1.807, 2.05) is 31.2 Å². The van der Waals surface area contributed by atoms with Gasteiger partial charge in [0.25, 0.3) is 0 Å². The molecule has 1 atom stereocenters. The molecule has 0 aliphatic rings. The predicted octanol–water partition coefficient (Wildman–Crippen LogP) is 1.77. The molecule has 0 aliphatic heterocycles. The van der Waals surface area contributed by atoms with Crippen LogP contribution in [0.3, 0.4) is 0 Å². The minimum absolute atomic E-state index is 0.136. The van der Waals surface area contributed by atoms with E-state index in [1.54, 1.807) is 14.1 Å². The molecule has 1 rings (SSSR count). The third-order valence-electron chi connectivity index (χ3n) is 2.46. The third kappa shape index (κ3) is 3.09. The lowest BCUT2D eigenvalue weighted by molar-refractivity contribution is -0.131. The molecule has 1 aromatic carbocycles. The van der Waals surface area contributed by atoms with Crippen LogP contribution in [-0.4, -0.2) is 24.9 Å². The highest BCUT2D eigenvalue weighted by molar-refractivity contribution is 5.81. The largest absolute Gasteiger partial charge is 0.348 e. The first kappa shape index (κ1) is 12.3. The molecule has 1 aromatic rings. The predicted molar refractivity (Wildman–Crippen MR) is 62.7 cm³/mol. The van der Waals surface area contributed by atoms with Crippen LogP contribution >= 0.6 is 0 Å². The van der Waals surface area contributed by atoms with Gasteiger partial charge in [0, 0.05) is 14.1 Å². The van der Waals surface area contributed by atoms with E-state index in [1.165, 1.54) is 10.5 Å². The molecule has 0 spiro atoms. The molecule has 0 fully saturated rings. The summed E-state index contributed by atoms with van der Waals surface area (Å²) < 4.78 is 0. The molecule has 3 heteroatoms. The first-order chi connectivity index (χ1) is 7.54. The van der Waals surface area contributed by atoms with Crippen LogP contribution in [0, 0.1) is 24.2 Å². The van der Waals surface area contributed by atoms with E-state index in [2.05, 4.69) is 6.07 Å². The Bertz CT molecular complexity index is 401. The van der Waals surface area contributed by atoms with Gasteiger partial charge in [-0.3, -0.25) is 4.79 Å². The Morgan fingerprint density at radius 1 is 1.38 bits per heavy atom. The number of amides is 1. The highest BCUT2D eigenvalue weighted by Gasteiger charge is 2.19. The first-order valence-electron chi connectivity index (χ1n) is 5.21. The van der Waals surface area contributed by atoms with Crippen molar-refractivity contribution >= 4 is 5.91 Å². The molecule has 16 heavy (non-hydrogen) atoms.